The molecule has 0 aliphatic carbocycles. The minimum atomic E-state index is -0.0349. The molecule has 0 radical (unpaired) electrons. The van der Waals surface area contributed by atoms with Gasteiger partial charge in [-0.1, -0.05) is 47.1 Å². The number of aromatic nitrogens is 1. The molecule has 3 rings (SSSR count). The number of nitrogens with zero attached hydrogens (tertiary/aromatic N) is 1. The Morgan fingerprint density at radius 2 is 2.00 bits per heavy atom. The van der Waals surface area contributed by atoms with Crippen LogP contribution in [-0.4, -0.2) is 16.6 Å². The fraction of sp³-hybridized carbons (Fsp3) is 0.125. The van der Waals surface area contributed by atoms with E-state index in [2.05, 4.69) is 10.3 Å². The van der Waals surface area contributed by atoms with Gasteiger partial charge in [-0.2, -0.15) is 0 Å². The van der Waals surface area contributed by atoms with Crippen LogP contribution in [0.15, 0.2) is 46.8 Å². The SMILES string of the molecule is O=C(CSc1nc2cc(Cl)ccc2s1)NCc1cccc(Cl)c1. The first-order chi connectivity index (χ1) is 11.1. The van der Waals surface area contributed by atoms with Gasteiger partial charge in [0.25, 0.3) is 0 Å². The molecule has 3 nitrogen and oxygen atoms in total. The maximum atomic E-state index is 11.9. The first-order valence-electron chi connectivity index (χ1n) is 6.80. The van der Waals surface area contributed by atoms with Crippen LogP contribution < -0.4 is 5.32 Å². The molecule has 0 spiro atoms. The number of thiazole rings is 1. The largest absolute Gasteiger partial charge is 0.351 e. The second-order valence-electron chi connectivity index (χ2n) is 4.79. The third-order valence-electron chi connectivity index (χ3n) is 3.04. The highest BCUT2D eigenvalue weighted by molar-refractivity contribution is 8.01. The second-order valence-corrected chi connectivity index (χ2v) is 7.91. The van der Waals surface area contributed by atoms with Crippen LogP contribution in [0, 0.1) is 0 Å². The quantitative estimate of drug-likeness (QED) is 0.630. The molecule has 1 aromatic heterocycles. The van der Waals surface area contributed by atoms with Crippen LogP contribution in [0.5, 0.6) is 0 Å². The molecule has 0 fully saturated rings. The average Bonchev–Trinajstić information content (AvgIpc) is 2.93. The van der Waals surface area contributed by atoms with Crippen molar-refractivity contribution in [3.8, 4) is 0 Å². The molecule has 118 valence electrons. The van der Waals surface area contributed by atoms with Gasteiger partial charge >= 0.3 is 0 Å². The van der Waals surface area contributed by atoms with Crippen molar-refractivity contribution in [2.24, 2.45) is 0 Å². The van der Waals surface area contributed by atoms with E-state index >= 15 is 0 Å². The number of amides is 1. The molecule has 1 amide bonds. The van der Waals surface area contributed by atoms with Crippen molar-refractivity contribution < 1.29 is 4.79 Å². The van der Waals surface area contributed by atoms with Crippen molar-refractivity contribution in [2.75, 3.05) is 5.75 Å². The highest BCUT2D eigenvalue weighted by atomic mass is 35.5. The molecule has 2 aromatic carbocycles. The summed E-state index contributed by atoms with van der Waals surface area (Å²) in [5.41, 5.74) is 1.84. The number of rotatable bonds is 5. The molecule has 7 heteroatoms. The lowest BCUT2D eigenvalue weighted by Crippen LogP contribution is -2.24. The lowest BCUT2D eigenvalue weighted by atomic mass is 10.2. The molecule has 0 atom stereocenters. The van der Waals surface area contributed by atoms with Gasteiger partial charge in [-0.05, 0) is 35.9 Å². The summed E-state index contributed by atoms with van der Waals surface area (Å²) in [4.78, 5) is 16.4. The molecule has 23 heavy (non-hydrogen) atoms. The van der Waals surface area contributed by atoms with Crippen LogP contribution in [0.3, 0.4) is 0 Å². The van der Waals surface area contributed by atoms with Crippen molar-refractivity contribution in [2.45, 2.75) is 10.9 Å². The topological polar surface area (TPSA) is 42.0 Å². The standard InChI is InChI=1S/C16H12Cl2N2OS2/c17-11-3-1-2-10(6-11)8-19-15(21)9-22-16-20-13-7-12(18)4-5-14(13)23-16/h1-7H,8-9H2,(H,19,21). The maximum absolute atomic E-state index is 11.9. The Kier molecular flexibility index (Phi) is 5.43. The van der Waals surface area contributed by atoms with Gasteiger partial charge in [-0.3, -0.25) is 4.79 Å². The zero-order chi connectivity index (χ0) is 16.2. The van der Waals surface area contributed by atoms with E-state index < -0.39 is 0 Å². The summed E-state index contributed by atoms with van der Waals surface area (Å²) >= 11 is 14.9. The van der Waals surface area contributed by atoms with Crippen LogP contribution in [0.2, 0.25) is 10.0 Å². The zero-order valence-corrected chi connectivity index (χ0v) is 15.0. The first-order valence-corrected chi connectivity index (χ1v) is 9.36. The Balaban J connectivity index is 1.53. The fourth-order valence-electron chi connectivity index (χ4n) is 1.97. The molecule has 3 aromatic rings. The summed E-state index contributed by atoms with van der Waals surface area (Å²) in [6, 6.07) is 13.1. The third-order valence-corrected chi connectivity index (χ3v) is 5.68. The van der Waals surface area contributed by atoms with Gasteiger partial charge < -0.3 is 5.32 Å². The smallest absolute Gasteiger partial charge is 0.230 e. The van der Waals surface area contributed by atoms with Gasteiger partial charge in [-0.25, -0.2) is 4.98 Å². The van der Waals surface area contributed by atoms with E-state index in [9.17, 15) is 4.79 Å². The van der Waals surface area contributed by atoms with Crippen molar-refractivity contribution >= 4 is 62.4 Å². The molecule has 0 saturated heterocycles. The van der Waals surface area contributed by atoms with Crippen molar-refractivity contribution in [1.29, 1.82) is 0 Å². The molecule has 0 aliphatic rings. The Morgan fingerprint density at radius 3 is 2.83 bits per heavy atom. The maximum Gasteiger partial charge on any atom is 0.230 e. The Morgan fingerprint density at radius 1 is 1.17 bits per heavy atom. The highest BCUT2D eigenvalue weighted by Gasteiger charge is 2.08. The van der Waals surface area contributed by atoms with Crippen LogP contribution in [-0.2, 0) is 11.3 Å². The number of nitrogens with one attached hydrogen (secondary N) is 1. The number of benzene rings is 2. The first kappa shape index (κ1) is 16.6. The number of hydrogen-bond donors (Lipinski definition) is 1. The van der Waals surface area contributed by atoms with E-state index in [0.29, 0.717) is 22.3 Å². The average molecular weight is 383 g/mol. The highest BCUT2D eigenvalue weighted by Crippen LogP contribution is 2.30. The fourth-order valence-corrected chi connectivity index (χ4v) is 4.22. The number of carbonyl (C=O) groups is 1. The van der Waals surface area contributed by atoms with Crippen molar-refractivity contribution in [3.63, 3.8) is 0 Å². The minimum Gasteiger partial charge on any atom is -0.351 e. The Labute approximate surface area is 152 Å². The van der Waals surface area contributed by atoms with Gasteiger partial charge in [0.1, 0.15) is 0 Å². The van der Waals surface area contributed by atoms with E-state index in [-0.39, 0.29) is 5.91 Å². The molecule has 0 saturated carbocycles. The Bertz CT molecular complexity index is 851. The van der Waals surface area contributed by atoms with Crippen LogP contribution in [0.1, 0.15) is 5.56 Å². The minimum absolute atomic E-state index is 0.0349. The van der Waals surface area contributed by atoms with E-state index in [0.717, 1.165) is 20.1 Å². The zero-order valence-electron chi connectivity index (χ0n) is 11.9. The van der Waals surface area contributed by atoms with Crippen molar-refractivity contribution in [3.05, 3.63) is 58.1 Å². The number of carbonyl (C=O) groups excluding carboxylic acids is 1. The number of hydrogen-bond acceptors (Lipinski definition) is 4. The van der Waals surface area contributed by atoms with Crippen LogP contribution in [0.4, 0.5) is 0 Å². The molecule has 0 aliphatic heterocycles. The normalized spacial score (nSPS) is 10.9. The van der Waals surface area contributed by atoms with Gasteiger partial charge in [-0.15, -0.1) is 11.3 Å². The molecule has 1 heterocycles. The lowest BCUT2D eigenvalue weighted by Gasteiger charge is -2.04. The number of halogens is 2. The summed E-state index contributed by atoms with van der Waals surface area (Å²) in [7, 11) is 0. The molecule has 1 N–H and O–H groups in total. The van der Waals surface area contributed by atoms with Crippen molar-refractivity contribution in [1.82, 2.24) is 10.3 Å². The van der Waals surface area contributed by atoms with Gasteiger partial charge in [0, 0.05) is 16.6 Å². The summed E-state index contributed by atoms with van der Waals surface area (Å²) in [6.07, 6.45) is 0. The summed E-state index contributed by atoms with van der Waals surface area (Å²) < 4.78 is 1.93. The van der Waals surface area contributed by atoms with Crippen LogP contribution in [0.25, 0.3) is 10.2 Å². The van der Waals surface area contributed by atoms with Gasteiger partial charge in [0.05, 0.1) is 16.0 Å². The predicted molar refractivity (Wildman–Crippen MR) is 98.7 cm³/mol. The summed E-state index contributed by atoms with van der Waals surface area (Å²) in [5, 5.41) is 4.21. The summed E-state index contributed by atoms with van der Waals surface area (Å²) in [6.45, 7) is 0.468. The van der Waals surface area contributed by atoms with Gasteiger partial charge in [0.15, 0.2) is 4.34 Å². The second kappa shape index (κ2) is 7.53. The molecular weight excluding hydrogens is 371 g/mol. The molecule has 0 unspecified atom stereocenters. The van der Waals surface area contributed by atoms with E-state index in [1.807, 2.05) is 42.5 Å². The number of thioether (sulfide) groups is 1. The van der Waals surface area contributed by atoms with E-state index in [1.165, 1.54) is 11.8 Å². The Hall–Kier alpha value is -1.27. The molecule has 0 bridgehead atoms. The predicted octanol–water partition coefficient (Wildman–Crippen LogP) is 5.01. The van der Waals surface area contributed by atoms with Crippen LogP contribution >= 0.6 is 46.3 Å². The van der Waals surface area contributed by atoms with E-state index in [4.69, 9.17) is 23.2 Å². The third kappa shape index (κ3) is 4.61. The van der Waals surface area contributed by atoms with Gasteiger partial charge in [0.2, 0.25) is 5.91 Å². The monoisotopic (exact) mass is 382 g/mol. The van der Waals surface area contributed by atoms with E-state index in [1.54, 1.807) is 11.3 Å². The lowest BCUT2D eigenvalue weighted by molar-refractivity contribution is -0.118. The summed E-state index contributed by atoms with van der Waals surface area (Å²) in [5.74, 6) is 0.293. The number of fused-ring (bicyclic) bond motifs is 1. The molecular formula is C16H12Cl2N2OS2.